The SMILES string of the molecule is [N-]=[N+]=C1C(=O)O[C@H](c2ccc3c(c2)OCO3)[C@H]1COCc1ccc2c(c1)OCO2. The Labute approximate surface area is 165 Å². The normalized spacial score (nSPS) is 21.2. The van der Waals surface area contributed by atoms with Crippen molar-refractivity contribution < 1.29 is 38.0 Å². The van der Waals surface area contributed by atoms with Gasteiger partial charge in [-0.1, -0.05) is 12.1 Å². The van der Waals surface area contributed by atoms with Gasteiger partial charge in [0.05, 0.1) is 13.2 Å². The van der Waals surface area contributed by atoms with Crippen LogP contribution in [0, 0.1) is 5.92 Å². The second kappa shape index (κ2) is 7.12. The van der Waals surface area contributed by atoms with Crippen molar-refractivity contribution in [1.82, 2.24) is 0 Å². The molecule has 148 valence electrons. The first-order valence-corrected chi connectivity index (χ1v) is 9.01. The van der Waals surface area contributed by atoms with Crippen molar-refractivity contribution in [2.45, 2.75) is 12.7 Å². The summed E-state index contributed by atoms with van der Waals surface area (Å²) in [4.78, 5) is 15.3. The average Bonchev–Trinajstić information content (AvgIpc) is 3.45. The van der Waals surface area contributed by atoms with E-state index < -0.39 is 18.0 Å². The molecule has 1 fully saturated rings. The molecular weight excluding hydrogens is 380 g/mol. The van der Waals surface area contributed by atoms with Gasteiger partial charge in [-0.25, -0.2) is 4.79 Å². The first-order valence-electron chi connectivity index (χ1n) is 9.01. The second-order valence-electron chi connectivity index (χ2n) is 6.73. The van der Waals surface area contributed by atoms with Crippen molar-refractivity contribution in [2.75, 3.05) is 20.2 Å². The van der Waals surface area contributed by atoms with Crippen molar-refractivity contribution in [1.29, 1.82) is 0 Å². The number of esters is 1. The fourth-order valence-corrected chi connectivity index (χ4v) is 3.56. The molecule has 2 aromatic rings. The summed E-state index contributed by atoms with van der Waals surface area (Å²) in [7, 11) is 0. The number of fused-ring (bicyclic) bond motifs is 2. The highest BCUT2D eigenvalue weighted by Crippen LogP contribution is 2.40. The Morgan fingerprint density at radius 2 is 1.66 bits per heavy atom. The first kappa shape index (κ1) is 17.5. The Morgan fingerprint density at radius 1 is 0.966 bits per heavy atom. The summed E-state index contributed by atoms with van der Waals surface area (Å²) in [5.74, 6) is 1.33. The molecule has 0 radical (unpaired) electrons. The molecule has 0 saturated carbocycles. The van der Waals surface area contributed by atoms with E-state index in [1.165, 1.54) is 0 Å². The molecule has 0 aliphatic carbocycles. The molecule has 29 heavy (non-hydrogen) atoms. The van der Waals surface area contributed by atoms with Crippen LogP contribution in [0.1, 0.15) is 17.2 Å². The highest BCUT2D eigenvalue weighted by molar-refractivity contribution is 6.36. The minimum atomic E-state index is -0.674. The number of cyclic esters (lactones) is 1. The molecule has 5 rings (SSSR count). The maximum Gasteiger partial charge on any atom is 0.418 e. The predicted molar refractivity (Wildman–Crippen MR) is 95.7 cm³/mol. The van der Waals surface area contributed by atoms with Crippen LogP contribution in [0.2, 0.25) is 0 Å². The molecule has 0 spiro atoms. The number of rotatable bonds is 5. The van der Waals surface area contributed by atoms with Gasteiger partial charge >= 0.3 is 11.7 Å². The van der Waals surface area contributed by atoms with Gasteiger partial charge in [-0.2, -0.15) is 4.79 Å². The summed E-state index contributed by atoms with van der Waals surface area (Å²) >= 11 is 0. The van der Waals surface area contributed by atoms with Gasteiger partial charge in [-0.05, 0) is 35.4 Å². The Kier molecular flexibility index (Phi) is 4.31. The van der Waals surface area contributed by atoms with Crippen molar-refractivity contribution in [3.63, 3.8) is 0 Å². The molecule has 1 saturated heterocycles. The van der Waals surface area contributed by atoms with E-state index in [2.05, 4.69) is 4.79 Å². The number of nitrogens with zero attached hydrogens (tertiary/aromatic N) is 2. The molecule has 0 N–H and O–H groups in total. The summed E-state index contributed by atoms with van der Waals surface area (Å²) in [5, 5.41) is 0. The molecular formula is C20H16N2O7. The van der Waals surface area contributed by atoms with E-state index in [1.807, 2.05) is 18.2 Å². The summed E-state index contributed by atoms with van der Waals surface area (Å²) in [5.41, 5.74) is 10.8. The Bertz CT molecular complexity index is 1030. The van der Waals surface area contributed by atoms with Gasteiger partial charge in [0.25, 0.3) is 0 Å². The van der Waals surface area contributed by atoms with Gasteiger partial charge in [0.15, 0.2) is 23.0 Å². The van der Waals surface area contributed by atoms with Crippen molar-refractivity contribution in [3.05, 3.63) is 53.1 Å². The molecule has 9 heteroatoms. The predicted octanol–water partition coefficient (Wildman–Crippen LogP) is 2.25. The van der Waals surface area contributed by atoms with Crippen molar-refractivity contribution in [2.24, 2.45) is 5.92 Å². The summed E-state index contributed by atoms with van der Waals surface area (Å²) in [6.45, 7) is 0.760. The fraction of sp³-hybridized carbons (Fsp3) is 0.300. The van der Waals surface area contributed by atoms with Crippen molar-refractivity contribution in [3.8, 4) is 23.0 Å². The van der Waals surface area contributed by atoms with Crippen LogP contribution >= 0.6 is 0 Å². The third-order valence-electron chi connectivity index (χ3n) is 5.00. The van der Waals surface area contributed by atoms with E-state index in [9.17, 15) is 10.3 Å². The maximum absolute atomic E-state index is 12.1. The van der Waals surface area contributed by atoms with Crippen LogP contribution in [0.4, 0.5) is 0 Å². The quantitative estimate of drug-likeness (QED) is 0.433. The smallest absolute Gasteiger partial charge is 0.418 e. The Hall–Kier alpha value is -3.55. The average molecular weight is 396 g/mol. The first-order chi connectivity index (χ1) is 14.2. The van der Waals surface area contributed by atoms with Crippen LogP contribution in [0.15, 0.2) is 36.4 Å². The summed E-state index contributed by atoms with van der Waals surface area (Å²) < 4.78 is 32.6. The lowest BCUT2D eigenvalue weighted by atomic mass is 9.94. The van der Waals surface area contributed by atoms with Crippen LogP contribution in [0.5, 0.6) is 23.0 Å². The van der Waals surface area contributed by atoms with Crippen LogP contribution in [-0.4, -0.2) is 36.7 Å². The zero-order valence-electron chi connectivity index (χ0n) is 15.2. The minimum Gasteiger partial charge on any atom is -0.454 e. The summed E-state index contributed by atoms with van der Waals surface area (Å²) in [6.07, 6.45) is -0.653. The van der Waals surface area contributed by atoms with Crippen LogP contribution in [0.3, 0.4) is 0 Å². The fourth-order valence-electron chi connectivity index (χ4n) is 3.56. The van der Waals surface area contributed by atoms with Gasteiger partial charge in [0.2, 0.25) is 13.6 Å². The molecule has 2 aromatic carbocycles. The molecule has 3 heterocycles. The minimum absolute atomic E-state index is 0.0710. The third-order valence-corrected chi connectivity index (χ3v) is 5.00. The molecule has 3 aliphatic heterocycles. The number of hydrogen-bond acceptors (Lipinski definition) is 7. The van der Waals surface area contributed by atoms with E-state index in [-0.39, 0.29) is 32.5 Å². The lowest BCUT2D eigenvalue weighted by Gasteiger charge is -2.16. The highest BCUT2D eigenvalue weighted by atomic mass is 16.7. The topological polar surface area (TPSA) is 109 Å². The lowest BCUT2D eigenvalue weighted by Crippen LogP contribution is -2.23. The highest BCUT2D eigenvalue weighted by Gasteiger charge is 2.49. The van der Waals surface area contributed by atoms with E-state index >= 15 is 0 Å². The van der Waals surface area contributed by atoms with Gasteiger partial charge < -0.3 is 34.0 Å². The van der Waals surface area contributed by atoms with Gasteiger partial charge in [0, 0.05) is 0 Å². The molecule has 0 bridgehead atoms. The van der Waals surface area contributed by atoms with Crippen LogP contribution < -0.4 is 18.9 Å². The molecule has 0 aromatic heterocycles. The largest absolute Gasteiger partial charge is 0.454 e. The Morgan fingerprint density at radius 3 is 2.41 bits per heavy atom. The lowest BCUT2D eigenvalue weighted by molar-refractivity contribution is -0.140. The number of hydrogen-bond donors (Lipinski definition) is 0. The van der Waals surface area contributed by atoms with Gasteiger partial charge in [-0.15, -0.1) is 0 Å². The number of carbonyl (C=O) groups is 1. The van der Waals surface area contributed by atoms with Gasteiger partial charge in [-0.3, -0.25) is 0 Å². The zero-order chi connectivity index (χ0) is 19.8. The van der Waals surface area contributed by atoms with Crippen LogP contribution in [0.25, 0.3) is 5.53 Å². The van der Waals surface area contributed by atoms with E-state index in [4.69, 9.17) is 28.4 Å². The molecule has 2 atom stereocenters. The standard InChI is InChI=1S/C20H16N2O7/c21-22-18-13(8-24-7-11-1-3-14-16(5-11)27-9-25-14)19(29-20(18)23)12-2-4-15-17(6-12)28-10-26-15/h1-6,13,19H,7-10H2/t13-,19+/m0/s1. The number of ether oxygens (including phenoxy) is 6. The van der Waals surface area contributed by atoms with E-state index in [0.717, 1.165) is 5.56 Å². The number of carbonyl (C=O) groups excluding carboxylic acids is 1. The molecule has 0 amide bonds. The zero-order valence-corrected chi connectivity index (χ0v) is 15.2. The van der Waals surface area contributed by atoms with Crippen molar-refractivity contribution >= 4 is 11.7 Å². The molecule has 3 aliphatic rings. The third kappa shape index (κ3) is 3.16. The number of benzene rings is 2. The van der Waals surface area contributed by atoms with Gasteiger partial charge in [0.1, 0.15) is 12.0 Å². The van der Waals surface area contributed by atoms with E-state index in [1.54, 1.807) is 18.2 Å². The van der Waals surface area contributed by atoms with Crippen LogP contribution in [-0.2, 0) is 20.9 Å². The second-order valence-corrected chi connectivity index (χ2v) is 6.73. The maximum atomic E-state index is 12.1. The molecule has 9 nitrogen and oxygen atoms in total. The Balaban J connectivity index is 1.32. The van der Waals surface area contributed by atoms with E-state index in [0.29, 0.717) is 28.6 Å². The summed E-state index contributed by atoms with van der Waals surface area (Å²) in [6, 6.07) is 10.8. The monoisotopic (exact) mass is 396 g/mol. The molecule has 0 unspecified atom stereocenters.